The van der Waals surface area contributed by atoms with Crippen LogP contribution < -0.4 is 5.32 Å². The van der Waals surface area contributed by atoms with E-state index in [9.17, 15) is 8.42 Å². The first-order valence-corrected chi connectivity index (χ1v) is 8.27. The van der Waals surface area contributed by atoms with Crippen LogP contribution in [0.1, 0.15) is 31.4 Å². The minimum atomic E-state index is -2.85. The van der Waals surface area contributed by atoms with Crippen molar-refractivity contribution in [2.75, 3.05) is 18.6 Å². The monoisotopic (exact) mass is 269 g/mol. The minimum Gasteiger partial charge on any atom is -0.308 e. The van der Waals surface area contributed by atoms with Crippen molar-refractivity contribution in [3.63, 3.8) is 0 Å². The van der Waals surface area contributed by atoms with Gasteiger partial charge in [0.25, 0.3) is 0 Å². The second-order valence-corrected chi connectivity index (χ2v) is 7.66. The topological polar surface area (TPSA) is 46.2 Å². The standard InChI is InChI=1S/C14H23NO2S/c1-12-7-5-8-13(11-12)14(2,3)15-9-6-10-18(4,16)17/h5,7-8,11,15H,6,9-10H2,1-4H3. The highest BCUT2D eigenvalue weighted by Gasteiger charge is 2.19. The fraction of sp³-hybridized carbons (Fsp3) is 0.571. The molecule has 0 aliphatic rings. The van der Waals surface area contributed by atoms with Crippen LogP contribution in [-0.2, 0) is 15.4 Å². The summed E-state index contributed by atoms with van der Waals surface area (Å²) >= 11 is 0. The van der Waals surface area contributed by atoms with E-state index in [2.05, 4.69) is 44.3 Å². The Labute approximate surface area is 111 Å². The van der Waals surface area contributed by atoms with Gasteiger partial charge in [0.1, 0.15) is 9.84 Å². The Morgan fingerprint density at radius 3 is 2.50 bits per heavy atom. The van der Waals surface area contributed by atoms with Crippen molar-refractivity contribution in [1.29, 1.82) is 0 Å². The number of benzene rings is 1. The highest BCUT2D eigenvalue weighted by atomic mass is 32.2. The van der Waals surface area contributed by atoms with Crippen LogP contribution in [0.3, 0.4) is 0 Å². The van der Waals surface area contributed by atoms with Crippen molar-refractivity contribution in [1.82, 2.24) is 5.32 Å². The molecule has 4 heteroatoms. The largest absolute Gasteiger partial charge is 0.308 e. The van der Waals surface area contributed by atoms with Crippen LogP contribution in [-0.4, -0.2) is 27.0 Å². The molecule has 1 aromatic rings. The Morgan fingerprint density at radius 2 is 1.94 bits per heavy atom. The molecular weight excluding hydrogens is 246 g/mol. The number of hydrogen-bond donors (Lipinski definition) is 1. The first kappa shape index (κ1) is 15.2. The lowest BCUT2D eigenvalue weighted by Crippen LogP contribution is -2.37. The van der Waals surface area contributed by atoms with Gasteiger partial charge in [0.2, 0.25) is 0 Å². The van der Waals surface area contributed by atoms with Crippen molar-refractivity contribution in [2.24, 2.45) is 0 Å². The van der Waals surface area contributed by atoms with Crippen molar-refractivity contribution < 1.29 is 8.42 Å². The molecule has 0 atom stereocenters. The average Bonchev–Trinajstić information content (AvgIpc) is 2.23. The summed E-state index contributed by atoms with van der Waals surface area (Å²) in [5.41, 5.74) is 2.32. The lowest BCUT2D eigenvalue weighted by Gasteiger charge is -2.27. The zero-order valence-electron chi connectivity index (χ0n) is 11.7. The molecule has 1 rings (SSSR count). The van der Waals surface area contributed by atoms with Crippen LogP contribution in [0.5, 0.6) is 0 Å². The summed E-state index contributed by atoms with van der Waals surface area (Å²) in [6.07, 6.45) is 1.92. The van der Waals surface area contributed by atoms with E-state index in [0.29, 0.717) is 13.0 Å². The molecule has 102 valence electrons. The Hall–Kier alpha value is -0.870. The number of rotatable bonds is 6. The molecule has 3 nitrogen and oxygen atoms in total. The molecule has 0 saturated heterocycles. The summed E-state index contributed by atoms with van der Waals surface area (Å²) in [5, 5.41) is 3.41. The molecule has 0 unspecified atom stereocenters. The highest BCUT2D eigenvalue weighted by molar-refractivity contribution is 7.90. The van der Waals surface area contributed by atoms with E-state index in [4.69, 9.17) is 0 Å². The fourth-order valence-corrected chi connectivity index (χ4v) is 2.54. The summed E-state index contributed by atoms with van der Waals surface area (Å²) in [6, 6.07) is 8.37. The van der Waals surface area contributed by atoms with E-state index in [1.807, 2.05) is 6.07 Å². The normalized spacial score (nSPS) is 12.7. The molecule has 1 aromatic carbocycles. The number of aryl methyl sites for hydroxylation is 1. The molecule has 0 heterocycles. The van der Waals surface area contributed by atoms with Crippen LogP contribution in [0.25, 0.3) is 0 Å². The van der Waals surface area contributed by atoms with Gasteiger partial charge < -0.3 is 5.32 Å². The molecule has 0 fully saturated rings. The molecule has 0 saturated carbocycles. The SMILES string of the molecule is Cc1cccc(C(C)(C)NCCCS(C)(=O)=O)c1. The number of hydrogen-bond acceptors (Lipinski definition) is 3. The van der Waals surface area contributed by atoms with Gasteiger partial charge in [0, 0.05) is 11.8 Å². The maximum Gasteiger partial charge on any atom is 0.147 e. The molecule has 0 spiro atoms. The third-order valence-corrected chi connectivity index (χ3v) is 4.03. The molecular formula is C14H23NO2S. The van der Waals surface area contributed by atoms with E-state index in [-0.39, 0.29) is 11.3 Å². The van der Waals surface area contributed by atoms with E-state index in [1.165, 1.54) is 17.4 Å². The van der Waals surface area contributed by atoms with Gasteiger partial charge in [-0.1, -0.05) is 29.8 Å². The fourth-order valence-electron chi connectivity index (χ4n) is 1.87. The molecule has 18 heavy (non-hydrogen) atoms. The summed E-state index contributed by atoms with van der Waals surface area (Å²) in [6.45, 7) is 7.00. The van der Waals surface area contributed by atoms with Crippen molar-refractivity contribution in [3.05, 3.63) is 35.4 Å². The maximum absolute atomic E-state index is 11.0. The van der Waals surface area contributed by atoms with E-state index >= 15 is 0 Å². The molecule has 0 aromatic heterocycles. The average molecular weight is 269 g/mol. The van der Waals surface area contributed by atoms with Gasteiger partial charge in [0.15, 0.2) is 0 Å². The van der Waals surface area contributed by atoms with Crippen molar-refractivity contribution >= 4 is 9.84 Å². The third kappa shape index (κ3) is 5.19. The van der Waals surface area contributed by atoms with Gasteiger partial charge in [-0.3, -0.25) is 0 Å². The van der Waals surface area contributed by atoms with Crippen molar-refractivity contribution in [3.8, 4) is 0 Å². The van der Waals surface area contributed by atoms with E-state index < -0.39 is 9.84 Å². The smallest absolute Gasteiger partial charge is 0.147 e. The summed E-state index contributed by atoms with van der Waals surface area (Å²) < 4.78 is 22.1. The Morgan fingerprint density at radius 1 is 1.28 bits per heavy atom. The summed E-state index contributed by atoms with van der Waals surface area (Å²) in [5.74, 6) is 0.240. The van der Waals surface area contributed by atoms with Gasteiger partial charge in [0.05, 0.1) is 5.75 Å². The predicted octanol–water partition coefficient (Wildman–Crippen LogP) is 2.25. The third-order valence-electron chi connectivity index (χ3n) is 3.00. The molecule has 0 amide bonds. The first-order valence-electron chi connectivity index (χ1n) is 6.21. The zero-order valence-corrected chi connectivity index (χ0v) is 12.5. The lowest BCUT2D eigenvalue weighted by atomic mass is 9.93. The lowest BCUT2D eigenvalue weighted by molar-refractivity contribution is 0.404. The maximum atomic E-state index is 11.0. The van der Waals surface area contributed by atoms with Gasteiger partial charge >= 0.3 is 0 Å². The minimum absolute atomic E-state index is 0.135. The van der Waals surface area contributed by atoms with Gasteiger partial charge in [-0.15, -0.1) is 0 Å². The van der Waals surface area contributed by atoms with Gasteiger partial charge in [-0.2, -0.15) is 0 Å². The quantitative estimate of drug-likeness (QED) is 0.806. The second kappa shape index (κ2) is 5.85. The number of sulfone groups is 1. The van der Waals surface area contributed by atoms with Crippen LogP contribution in [0, 0.1) is 6.92 Å². The Bertz CT molecular complexity index is 492. The van der Waals surface area contributed by atoms with Crippen LogP contribution in [0.15, 0.2) is 24.3 Å². The van der Waals surface area contributed by atoms with Crippen LogP contribution >= 0.6 is 0 Å². The molecule has 0 bridgehead atoms. The molecule has 1 N–H and O–H groups in total. The first-order chi connectivity index (χ1) is 8.21. The number of nitrogens with one attached hydrogen (secondary N) is 1. The molecule has 0 aliphatic carbocycles. The Balaban J connectivity index is 2.55. The summed E-state index contributed by atoms with van der Waals surface area (Å²) in [4.78, 5) is 0. The van der Waals surface area contributed by atoms with E-state index in [0.717, 1.165) is 0 Å². The molecule has 0 radical (unpaired) electrons. The second-order valence-electron chi connectivity index (χ2n) is 5.40. The molecule has 0 aliphatic heterocycles. The predicted molar refractivity (Wildman–Crippen MR) is 76.5 cm³/mol. The Kier molecular flexibility index (Phi) is 4.93. The zero-order chi connectivity index (χ0) is 13.8. The summed E-state index contributed by atoms with van der Waals surface area (Å²) in [7, 11) is -2.85. The van der Waals surface area contributed by atoms with E-state index in [1.54, 1.807) is 0 Å². The van der Waals surface area contributed by atoms with Crippen molar-refractivity contribution in [2.45, 2.75) is 32.7 Å². The van der Waals surface area contributed by atoms with Crippen LogP contribution in [0.2, 0.25) is 0 Å². The van der Waals surface area contributed by atoms with Gasteiger partial charge in [-0.25, -0.2) is 8.42 Å². The van der Waals surface area contributed by atoms with Gasteiger partial charge in [-0.05, 0) is 39.3 Å². The van der Waals surface area contributed by atoms with Crippen LogP contribution in [0.4, 0.5) is 0 Å². The highest BCUT2D eigenvalue weighted by Crippen LogP contribution is 2.20.